The predicted molar refractivity (Wildman–Crippen MR) is 129 cm³/mol. The Morgan fingerprint density at radius 2 is 1.88 bits per heavy atom. The van der Waals surface area contributed by atoms with Crippen LogP contribution < -0.4 is 0 Å². The van der Waals surface area contributed by atoms with Crippen molar-refractivity contribution in [2.45, 2.75) is 13.3 Å². The number of nitrogens with zero attached hydrogens (tertiary/aromatic N) is 3. The summed E-state index contributed by atoms with van der Waals surface area (Å²) >= 11 is 7.69. The van der Waals surface area contributed by atoms with Gasteiger partial charge in [-0.2, -0.15) is 5.10 Å². The number of benzene rings is 3. The number of hydrogen-bond donors (Lipinski definition) is 1. The molecule has 0 fully saturated rings. The molecule has 0 aliphatic carbocycles. The van der Waals surface area contributed by atoms with E-state index in [1.165, 1.54) is 11.3 Å². The quantitative estimate of drug-likeness (QED) is 0.316. The molecule has 32 heavy (non-hydrogen) atoms. The summed E-state index contributed by atoms with van der Waals surface area (Å²) in [6, 6.07) is 20.9. The summed E-state index contributed by atoms with van der Waals surface area (Å²) in [7, 11) is 0. The fourth-order valence-corrected chi connectivity index (χ4v) is 4.93. The molecular weight excluding hydrogens is 442 g/mol. The van der Waals surface area contributed by atoms with Gasteiger partial charge in [0.05, 0.1) is 27.0 Å². The number of hydrogen-bond acceptors (Lipinski definition) is 4. The number of carboxylic acids is 1. The van der Waals surface area contributed by atoms with E-state index in [1.807, 2.05) is 79.9 Å². The van der Waals surface area contributed by atoms with Gasteiger partial charge in [-0.3, -0.25) is 0 Å². The zero-order valence-electron chi connectivity index (χ0n) is 17.1. The standard InChI is InChI=1S/C25H18ClN3O2S/c1-2-15-7-6-10-18(22(15)25(30)31)23-19(14-29(28-23)17-8-4-3-5-9-17)24-27-20-13-16(26)11-12-21(20)32-24/h3-14H,2H2,1H3,(H,30,31). The normalized spacial score (nSPS) is 11.2. The summed E-state index contributed by atoms with van der Waals surface area (Å²) in [5.74, 6) is -0.964. The molecule has 0 bridgehead atoms. The molecule has 0 radical (unpaired) electrons. The second kappa shape index (κ2) is 8.22. The van der Waals surface area contributed by atoms with Crippen LogP contribution in [0.5, 0.6) is 0 Å². The molecule has 7 heteroatoms. The van der Waals surface area contributed by atoms with Crippen LogP contribution in [0.3, 0.4) is 0 Å². The molecule has 0 atom stereocenters. The van der Waals surface area contributed by atoms with Crippen LogP contribution in [0.4, 0.5) is 0 Å². The van der Waals surface area contributed by atoms with Gasteiger partial charge in [0, 0.05) is 16.8 Å². The Morgan fingerprint density at radius 3 is 2.62 bits per heavy atom. The predicted octanol–water partition coefficient (Wildman–Crippen LogP) is 6.73. The van der Waals surface area contributed by atoms with Crippen LogP contribution in [-0.2, 0) is 6.42 Å². The average Bonchev–Trinajstić information content (AvgIpc) is 3.43. The van der Waals surface area contributed by atoms with Crippen molar-refractivity contribution in [3.63, 3.8) is 0 Å². The van der Waals surface area contributed by atoms with Crippen molar-refractivity contribution < 1.29 is 9.90 Å². The Labute approximate surface area is 193 Å². The summed E-state index contributed by atoms with van der Waals surface area (Å²) in [6.45, 7) is 1.95. The van der Waals surface area contributed by atoms with Gasteiger partial charge in [0.15, 0.2) is 0 Å². The Kier molecular flexibility index (Phi) is 5.25. The molecule has 0 saturated heterocycles. The number of carboxylic acid groups (broad SMARTS) is 1. The largest absolute Gasteiger partial charge is 0.478 e. The fraction of sp³-hybridized carbons (Fsp3) is 0.0800. The minimum absolute atomic E-state index is 0.277. The van der Waals surface area contributed by atoms with Crippen molar-refractivity contribution in [2.75, 3.05) is 0 Å². The first-order chi connectivity index (χ1) is 15.5. The number of rotatable bonds is 5. The van der Waals surface area contributed by atoms with Gasteiger partial charge in [-0.25, -0.2) is 14.5 Å². The molecule has 5 rings (SSSR count). The number of thiazole rings is 1. The number of aryl methyl sites for hydroxylation is 1. The molecule has 3 aromatic carbocycles. The monoisotopic (exact) mass is 459 g/mol. The summed E-state index contributed by atoms with van der Waals surface area (Å²) in [5.41, 5.74) is 4.68. The molecule has 5 aromatic rings. The first kappa shape index (κ1) is 20.4. The molecule has 0 aliphatic rings. The maximum Gasteiger partial charge on any atom is 0.336 e. The topological polar surface area (TPSA) is 68.0 Å². The van der Waals surface area contributed by atoms with E-state index >= 15 is 0 Å². The minimum Gasteiger partial charge on any atom is -0.478 e. The van der Waals surface area contributed by atoms with E-state index in [2.05, 4.69) is 0 Å². The highest BCUT2D eigenvalue weighted by Gasteiger charge is 2.23. The number of fused-ring (bicyclic) bond motifs is 1. The highest BCUT2D eigenvalue weighted by molar-refractivity contribution is 7.21. The smallest absolute Gasteiger partial charge is 0.336 e. The minimum atomic E-state index is -0.964. The van der Waals surface area contributed by atoms with Crippen molar-refractivity contribution in [1.29, 1.82) is 0 Å². The first-order valence-electron chi connectivity index (χ1n) is 10.1. The number of halogens is 1. The van der Waals surface area contributed by atoms with Crippen LogP contribution >= 0.6 is 22.9 Å². The maximum atomic E-state index is 12.2. The maximum absolute atomic E-state index is 12.2. The van der Waals surface area contributed by atoms with E-state index in [0.29, 0.717) is 22.7 Å². The van der Waals surface area contributed by atoms with E-state index in [1.54, 1.807) is 4.68 Å². The molecule has 2 heterocycles. The van der Waals surface area contributed by atoms with E-state index in [4.69, 9.17) is 21.7 Å². The summed E-state index contributed by atoms with van der Waals surface area (Å²) < 4.78 is 2.78. The van der Waals surface area contributed by atoms with E-state index in [-0.39, 0.29) is 5.56 Å². The molecule has 0 aliphatic heterocycles. The average molecular weight is 460 g/mol. The molecule has 2 aromatic heterocycles. The SMILES string of the molecule is CCc1cccc(-c2nn(-c3ccccc3)cc2-c2nc3cc(Cl)ccc3s2)c1C(=O)O. The Morgan fingerprint density at radius 1 is 1.06 bits per heavy atom. The summed E-state index contributed by atoms with van der Waals surface area (Å²) in [6.07, 6.45) is 2.53. The van der Waals surface area contributed by atoms with Gasteiger partial charge in [-0.1, -0.05) is 54.9 Å². The molecular formula is C25H18ClN3O2S. The molecule has 0 spiro atoms. The highest BCUT2D eigenvalue weighted by Crippen LogP contribution is 2.39. The Bertz CT molecular complexity index is 1460. The lowest BCUT2D eigenvalue weighted by Crippen LogP contribution is -2.05. The van der Waals surface area contributed by atoms with Gasteiger partial charge < -0.3 is 5.11 Å². The number of aromatic nitrogens is 3. The van der Waals surface area contributed by atoms with Gasteiger partial charge in [0.2, 0.25) is 0 Å². The van der Waals surface area contributed by atoms with Crippen molar-refractivity contribution in [3.8, 4) is 27.5 Å². The zero-order valence-corrected chi connectivity index (χ0v) is 18.7. The molecule has 5 nitrogen and oxygen atoms in total. The van der Waals surface area contributed by atoms with Gasteiger partial charge in [-0.05, 0) is 42.3 Å². The highest BCUT2D eigenvalue weighted by atomic mass is 35.5. The van der Waals surface area contributed by atoms with Crippen LogP contribution in [0.15, 0.2) is 72.9 Å². The van der Waals surface area contributed by atoms with Crippen LogP contribution in [0.2, 0.25) is 5.02 Å². The fourth-order valence-electron chi connectivity index (χ4n) is 3.80. The lowest BCUT2D eigenvalue weighted by molar-refractivity contribution is 0.0696. The van der Waals surface area contributed by atoms with Gasteiger partial charge in [-0.15, -0.1) is 11.3 Å². The van der Waals surface area contributed by atoms with Crippen LogP contribution in [0, 0.1) is 0 Å². The number of aromatic carboxylic acids is 1. The van der Waals surface area contributed by atoms with Crippen LogP contribution in [0.25, 0.3) is 37.7 Å². The van der Waals surface area contributed by atoms with Crippen molar-refractivity contribution in [3.05, 3.63) is 89.1 Å². The van der Waals surface area contributed by atoms with Gasteiger partial charge in [0.25, 0.3) is 0 Å². The number of carbonyl (C=O) groups is 1. The third-order valence-corrected chi connectivity index (χ3v) is 6.62. The summed E-state index contributed by atoms with van der Waals surface area (Å²) in [4.78, 5) is 17.0. The third-order valence-electron chi connectivity index (χ3n) is 5.32. The zero-order chi connectivity index (χ0) is 22.2. The van der Waals surface area contributed by atoms with Gasteiger partial charge in [0.1, 0.15) is 10.7 Å². The van der Waals surface area contributed by atoms with Crippen LogP contribution in [0.1, 0.15) is 22.8 Å². The Balaban J connectivity index is 1.79. The van der Waals surface area contributed by atoms with E-state index in [0.717, 1.165) is 32.0 Å². The van der Waals surface area contributed by atoms with E-state index in [9.17, 15) is 9.90 Å². The third kappa shape index (κ3) is 3.57. The first-order valence-corrected chi connectivity index (χ1v) is 11.3. The summed E-state index contributed by atoms with van der Waals surface area (Å²) in [5, 5.41) is 16.2. The van der Waals surface area contributed by atoms with Crippen molar-refractivity contribution >= 4 is 39.1 Å². The molecule has 0 amide bonds. The molecule has 0 unspecified atom stereocenters. The van der Waals surface area contributed by atoms with Gasteiger partial charge >= 0.3 is 5.97 Å². The van der Waals surface area contributed by atoms with Crippen LogP contribution in [-0.4, -0.2) is 25.8 Å². The number of para-hydroxylation sites is 1. The molecule has 158 valence electrons. The lowest BCUT2D eigenvalue weighted by Gasteiger charge is -2.09. The second-order valence-corrected chi connectivity index (χ2v) is 8.77. The van der Waals surface area contributed by atoms with Crippen molar-refractivity contribution in [2.24, 2.45) is 0 Å². The lowest BCUT2D eigenvalue weighted by atomic mass is 9.96. The molecule has 0 saturated carbocycles. The molecule has 1 N–H and O–H groups in total. The Hall–Kier alpha value is -3.48. The van der Waals surface area contributed by atoms with E-state index < -0.39 is 5.97 Å². The second-order valence-electron chi connectivity index (χ2n) is 7.30. The van der Waals surface area contributed by atoms with Crippen molar-refractivity contribution in [1.82, 2.24) is 14.8 Å².